The Morgan fingerprint density at radius 1 is 1.45 bits per heavy atom. The molecule has 0 spiro atoms. The van der Waals surface area contributed by atoms with Gasteiger partial charge in [0.25, 0.3) is 0 Å². The lowest BCUT2D eigenvalue weighted by Crippen LogP contribution is -2.34. The molecule has 68 valence electrons. The molecule has 0 radical (unpaired) electrons. The smallest absolute Gasteiger partial charge is 0.0698 e. The van der Waals surface area contributed by atoms with Gasteiger partial charge in [-0.3, -0.25) is 0 Å². The van der Waals surface area contributed by atoms with Crippen LogP contribution in [-0.2, 0) is 0 Å². The summed E-state index contributed by atoms with van der Waals surface area (Å²) in [4.78, 5) is 0. The highest BCUT2D eigenvalue weighted by Crippen LogP contribution is 2.07. The van der Waals surface area contributed by atoms with Crippen LogP contribution in [0.3, 0.4) is 0 Å². The van der Waals surface area contributed by atoms with Gasteiger partial charge in [0, 0.05) is 6.04 Å². The van der Waals surface area contributed by atoms with Gasteiger partial charge in [0.2, 0.25) is 0 Å². The van der Waals surface area contributed by atoms with Crippen LogP contribution < -0.4 is 5.73 Å². The lowest BCUT2D eigenvalue weighted by atomic mass is 10.1. The molecule has 0 aliphatic carbocycles. The first-order valence-electron chi connectivity index (χ1n) is 4.23. The van der Waals surface area contributed by atoms with Gasteiger partial charge < -0.3 is 10.8 Å². The van der Waals surface area contributed by atoms with E-state index in [4.69, 9.17) is 5.73 Å². The van der Waals surface area contributed by atoms with Gasteiger partial charge >= 0.3 is 0 Å². The van der Waals surface area contributed by atoms with E-state index in [2.05, 4.69) is 6.92 Å². The molecule has 0 aliphatic rings. The molecular weight excluding hydrogens is 158 g/mol. The van der Waals surface area contributed by atoms with Crippen molar-refractivity contribution in [1.29, 1.82) is 0 Å². The molecule has 0 aromatic heterocycles. The summed E-state index contributed by atoms with van der Waals surface area (Å²) in [5.74, 6) is 2.14. The molecule has 3 N–H and O–H groups in total. The van der Waals surface area contributed by atoms with E-state index in [-0.39, 0.29) is 12.1 Å². The van der Waals surface area contributed by atoms with Crippen LogP contribution in [0.2, 0.25) is 0 Å². The summed E-state index contributed by atoms with van der Waals surface area (Å²) in [6.45, 7) is 4.12. The van der Waals surface area contributed by atoms with Gasteiger partial charge in [0.05, 0.1) is 6.10 Å². The number of aliphatic hydroxyl groups is 1. The molecule has 2 unspecified atom stereocenters. The lowest BCUT2D eigenvalue weighted by Gasteiger charge is -2.16. The number of thioether (sulfide) groups is 1. The van der Waals surface area contributed by atoms with Crippen LogP contribution in [0.25, 0.3) is 0 Å². The fourth-order valence-electron chi connectivity index (χ4n) is 0.835. The molecule has 0 aliphatic heterocycles. The minimum atomic E-state index is -0.306. The largest absolute Gasteiger partial charge is 0.391 e. The zero-order valence-corrected chi connectivity index (χ0v) is 8.23. The zero-order valence-electron chi connectivity index (χ0n) is 7.42. The van der Waals surface area contributed by atoms with E-state index in [1.807, 2.05) is 18.7 Å². The molecule has 0 heterocycles. The van der Waals surface area contributed by atoms with Crippen molar-refractivity contribution in [3.8, 4) is 0 Å². The third-order valence-electron chi connectivity index (χ3n) is 1.73. The first-order valence-corrected chi connectivity index (χ1v) is 5.39. The van der Waals surface area contributed by atoms with Crippen molar-refractivity contribution in [3.05, 3.63) is 0 Å². The molecule has 3 heteroatoms. The van der Waals surface area contributed by atoms with Crippen molar-refractivity contribution < 1.29 is 5.11 Å². The Morgan fingerprint density at radius 3 is 2.55 bits per heavy atom. The zero-order chi connectivity index (χ0) is 8.69. The van der Waals surface area contributed by atoms with Crippen molar-refractivity contribution in [2.45, 2.75) is 38.8 Å². The highest BCUT2D eigenvalue weighted by atomic mass is 32.2. The maximum Gasteiger partial charge on any atom is 0.0698 e. The highest BCUT2D eigenvalue weighted by Gasteiger charge is 2.11. The molecule has 0 amide bonds. The summed E-state index contributed by atoms with van der Waals surface area (Å²) in [6, 6.07) is -0.0348. The van der Waals surface area contributed by atoms with Crippen molar-refractivity contribution in [1.82, 2.24) is 0 Å². The van der Waals surface area contributed by atoms with Gasteiger partial charge in [0.15, 0.2) is 0 Å². The van der Waals surface area contributed by atoms with E-state index in [1.54, 1.807) is 0 Å². The number of hydrogen-bond donors (Lipinski definition) is 2. The summed E-state index contributed by atoms with van der Waals surface area (Å²) < 4.78 is 0. The van der Waals surface area contributed by atoms with E-state index in [9.17, 15) is 5.11 Å². The molecule has 2 atom stereocenters. The Morgan fingerprint density at radius 2 is 2.09 bits per heavy atom. The Labute approximate surface area is 73.6 Å². The van der Waals surface area contributed by atoms with E-state index < -0.39 is 0 Å². The lowest BCUT2D eigenvalue weighted by molar-refractivity contribution is 0.139. The fraction of sp³-hybridized carbons (Fsp3) is 1.00. The van der Waals surface area contributed by atoms with Crippen LogP contribution in [-0.4, -0.2) is 28.8 Å². The second-order valence-corrected chi connectivity index (χ2v) is 4.02. The SMILES string of the molecule is CCSCCC(O)C(N)CC. The van der Waals surface area contributed by atoms with Gasteiger partial charge in [-0.15, -0.1) is 0 Å². The van der Waals surface area contributed by atoms with E-state index >= 15 is 0 Å². The standard InChI is InChI=1S/C8H19NOS/c1-3-7(9)8(10)5-6-11-4-2/h7-8,10H,3-6,9H2,1-2H3. The van der Waals surface area contributed by atoms with Crippen LogP contribution >= 0.6 is 11.8 Å². The predicted molar refractivity (Wildman–Crippen MR) is 51.9 cm³/mol. The molecular formula is C8H19NOS. The Hall–Kier alpha value is 0.270. The highest BCUT2D eigenvalue weighted by molar-refractivity contribution is 7.99. The third-order valence-corrected chi connectivity index (χ3v) is 2.66. The first kappa shape index (κ1) is 11.3. The monoisotopic (exact) mass is 177 g/mol. The van der Waals surface area contributed by atoms with Gasteiger partial charge in [-0.1, -0.05) is 13.8 Å². The van der Waals surface area contributed by atoms with E-state index in [1.165, 1.54) is 0 Å². The molecule has 2 nitrogen and oxygen atoms in total. The van der Waals surface area contributed by atoms with Gasteiger partial charge in [0.1, 0.15) is 0 Å². The minimum absolute atomic E-state index is 0.0348. The molecule has 0 bridgehead atoms. The second kappa shape index (κ2) is 6.95. The molecule has 0 saturated heterocycles. The van der Waals surface area contributed by atoms with Gasteiger partial charge in [-0.05, 0) is 24.3 Å². The maximum atomic E-state index is 9.41. The summed E-state index contributed by atoms with van der Waals surface area (Å²) >= 11 is 1.85. The Bertz CT molecular complexity index is 90.2. The maximum absolute atomic E-state index is 9.41. The number of rotatable bonds is 6. The quantitative estimate of drug-likeness (QED) is 0.600. The van der Waals surface area contributed by atoms with Crippen molar-refractivity contribution in [2.75, 3.05) is 11.5 Å². The van der Waals surface area contributed by atoms with Crippen LogP contribution in [0.4, 0.5) is 0 Å². The van der Waals surface area contributed by atoms with Crippen LogP contribution in [0.15, 0.2) is 0 Å². The third kappa shape index (κ3) is 5.53. The van der Waals surface area contributed by atoms with Crippen LogP contribution in [0.5, 0.6) is 0 Å². The van der Waals surface area contributed by atoms with Crippen LogP contribution in [0, 0.1) is 0 Å². The first-order chi connectivity index (χ1) is 5.22. The Kier molecular flexibility index (Phi) is 7.12. The molecule has 0 aromatic rings. The predicted octanol–water partition coefficient (Wildman–Crippen LogP) is 1.23. The van der Waals surface area contributed by atoms with E-state index in [0.717, 1.165) is 24.3 Å². The van der Waals surface area contributed by atoms with Crippen molar-refractivity contribution in [2.24, 2.45) is 5.73 Å². The molecule has 11 heavy (non-hydrogen) atoms. The van der Waals surface area contributed by atoms with Crippen molar-refractivity contribution >= 4 is 11.8 Å². The van der Waals surface area contributed by atoms with Gasteiger partial charge in [-0.25, -0.2) is 0 Å². The number of hydrogen-bond acceptors (Lipinski definition) is 3. The number of nitrogens with two attached hydrogens (primary N) is 1. The molecule has 0 aromatic carbocycles. The molecule has 0 fully saturated rings. The normalized spacial score (nSPS) is 16.4. The Balaban J connectivity index is 3.28. The number of aliphatic hydroxyl groups excluding tert-OH is 1. The van der Waals surface area contributed by atoms with Gasteiger partial charge in [-0.2, -0.15) is 11.8 Å². The van der Waals surface area contributed by atoms with E-state index in [0.29, 0.717) is 0 Å². The fourth-order valence-corrected chi connectivity index (χ4v) is 1.53. The summed E-state index contributed by atoms with van der Waals surface area (Å²) in [5, 5.41) is 9.41. The average Bonchev–Trinajstić information content (AvgIpc) is 2.03. The van der Waals surface area contributed by atoms with Crippen molar-refractivity contribution in [3.63, 3.8) is 0 Å². The summed E-state index contributed by atoms with van der Waals surface area (Å²) in [6.07, 6.45) is 1.38. The summed E-state index contributed by atoms with van der Waals surface area (Å²) in [7, 11) is 0. The molecule has 0 rings (SSSR count). The average molecular weight is 177 g/mol. The summed E-state index contributed by atoms with van der Waals surface area (Å²) in [5.41, 5.74) is 5.64. The second-order valence-electron chi connectivity index (χ2n) is 2.63. The minimum Gasteiger partial charge on any atom is -0.391 e. The molecule has 0 saturated carbocycles. The van der Waals surface area contributed by atoms with Crippen LogP contribution in [0.1, 0.15) is 26.7 Å². The topological polar surface area (TPSA) is 46.2 Å².